The van der Waals surface area contributed by atoms with Crippen LogP contribution in [0.1, 0.15) is 12.5 Å². The van der Waals surface area contributed by atoms with Crippen LogP contribution in [0.5, 0.6) is 0 Å². The number of rotatable bonds is 3. The second-order valence-electron chi connectivity index (χ2n) is 2.77. The summed E-state index contributed by atoms with van der Waals surface area (Å²) in [4.78, 5) is 10.9. The molecular formula is C11H11N3O2. The summed E-state index contributed by atoms with van der Waals surface area (Å²) >= 11 is 0. The van der Waals surface area contributed by atoms with Crippen molar-refractivity contribution in [1.29, 1.82) is 5.26 Å². The van der Waals surface area contributed by atoms with Crippen LogP contribution in [0, 0.1) is 11.3 Å². The van der Waals surface area contributed by atoms with E-state index >= 15 is 0 Å². The van der Waals surface area contributed by atoms with Crippen LogP contribution in [0.4, 0.5) is 4.79 Å². The Balaban J connectivity index is 2.73. The molecule has 1 N–H and O–H groups in total. The molecule has 0 aliphatic carbocycles. The van der Waals surface area contributed by atoms with Crippen molar-refractivity contribution < 1.29 is 9.53 Å². The van der Waals surface area contributed by atoms with Crippen molar-refractivity contribution in [3.63, 3.8) is 0 Å². The summed E-state index contributed by atoms with van der Waals surface area (Å²) < 4.78 is 4.61. The van der Waals surface area contributed by atoms with E-state index in [1.54, 1.807) is 31.2 Å². The molecule has 0 atom stereocenters. The van der Waals surface area contributed by atoms with Crippen LogP contribution in [0.2, 0.25) is 0 Å². The lowest BCUT2D eigenvalue weighted by Crippen LogP contribution is -2.20. The van der Waals surface area contributed by atoms with E-state index in [9.17, 15) is 4.79 Å². The predicted octanol–water partition coefficient (Wildman–Crippen LogP) is 1.66. The van der Waals surface area contributed by atoms with Crippen LogP contribution in [0.15, 0.2) is 35.4 Å². The zero-order chi connectivity index (χ0) is 11.8. The van der Waals surface area contributed by atoms with Gasteiger partial charge in [0.05, 0.1) is 6.61 Å². The number of ether oxygens (including phenoxy) is 1. The van der Waals surface area contributed by atoms with Crippen molar-refractivity contribution in [2.24, 2.45) is 5.10 Å². The molecule has 1 amide bonds. The molecule has 5 heteroatoms. The lowest BCUT2D eigenvalue weighted by molar-refractivity contribution is 0.152. The number of nitrogens with zero attached hydrogens (tertiary/aromatic N) is 2. The van der Waals surface area contributed by atoms with Gasteiger partial charge < -0.3 is 4.74 Å². The molecule has 0 aliphatic rings. The van der Waals surface area contributed by atoms with Gasteiger partial charge in [0.2, 0.25) is 0 Å². The molecule has 1 aromatic carbocycles. The number of carbonyl (C=O) groups excluding carboxylic acids is 1. The van der Waals surface area contributed by atoms with E-state index < -0.39 is 6.09 Å². The van der Waals surface area contributed by atoms with Gasteiger partial charge in [-0.05, 0) is 6.92 Å². The van der Waals surface area contributed by atoms with Crippen molar-refractivity contribution >= 4 is 11.8 Å². The highest BCUT2D eigenvalue weighted by Gasteiger charge is 2.03. The zero-order valence-electron chi connectivity index (χ0n) is 8.80. The van der Waals surface area contributed by atoms with E-state index in [-0.39, 0.29) is 12.3 Å². The molecule has 16 heavy (non-hydrogen) atoms. The standard InChI is InChI=1S/C11H11N3O2/c1-2-16-11(15)14-13-10(8-12)9-6-4-3-5-7-9/h3-7H,2H2,1H3,(H,14,15). The number of nitrogens with one attached hydrogen (secondary N) is 1. The van der Waals surface area contributed by atoms with Crippen molar-refractivity contribution in [1.82, 2.24) is 5.43 Å². The van der Waals surface area contributed by atoms with Gasteiger partial charge in [-0.25, -0.2) is 10.2 Å². The minimum atomic E-state index is -0.675. The largest absolute Gasteiger partial charge is 0.449 e. The molecule has 0 fully saturated rings. The summed E-state index contributed by atoms with van der Waals surface area (Å²) in [5.41, 5.74) is 2.91. The molecular weight excluding hydrogens is 206 g/mol. The number of amides is 1. The maximum absolute atomic E-state index is 10.9. The van der Waals surface area contributed by atoms with Crippen molar-refractivity contribution in [2.45, 2.75) is 6.92 Å². The van der Waals surface area contributed by atoms with Crippen LogP contribution in [-0.2, 0) is 4.74 Å². The number of hydrazone groups is 1. The van der Waals surface area contributed by atoms with Crippen molar-refractivity contribution in [3.8, 4) is 6.07 Å². The Hall–Kier alpha value is -2.35. The van der Waals surface area contributed by atoms with E-state index in [2.05, 4.69) is 15.3 Å². The van der Waals surface area contributed by atoms with Crippen molar-refractivity contribution in [2.75, 3.05) is 6.61 Å². The summed E-state index contributed by atoms with van der Waals surface area (Å²) in [7, 11) is 0. The van der Waals surface area contributed by atoms with Crippen LogP contribution < -0.4 is 5.43 Å². The first kappa shape index (κ1) is 11.7. The number of nitriles is 1. The fraction of sp³-hybridized carbons (Fsp3) is 0.182. The number of carbonyl (C=O) groups is 1. The third kappa shape index (κ3) is 3.42. The van der Waals surface area contributed by atoms with Gasteiger partial charge in [0.25, 0.3) is 0 Å². The Morgan fingerprint density at radius 1 is 1.50 bits per heavy atom. The van der Waals surface area contributed by atoms with Gasteiger partial charge in [-0.3, -0.25) is 0 Å². The first-order chi connectivity index (χ1) is 7.77. The van der Waals surface area contributed by atoms with E-state index in [0.29, 0.717) is 5.56 Å². The average Bonchev–Trinajstić information content (AvgIpc) is 2.31. The molecule has 5 nitrogen and oxygen atoms in total. The average molecular weight is 217 g/mol. The van der Waals surface area contributed by atoms with Gasteiger partial charge in [-0.2, -0.15) is 10.4 Å². The molecule has 0 saturated heterocycles. The second kappa shape index (κ2) is 6.19. The molecule has 82 valence electrons. The third-order valence-corrected chi connectivity index (χ3v) is 1.69. The topological polar surface area (TPSA) is 74.5 Å². The second-order valence-corrected chi connectivity index (χ2v) is 2.77. The number of hydrogen-bond donors (Lipinski definition) is 1. The highest BCUT2D eigenvalue weighted by Crippen LogP contribution is 1.99. The normalized spacial score (nSPS) is 10.4. The molecule has 0 radical (unpaired) electrons. The van der Waals surface area contributed by atoms with Gasteiger partial charge in [-0.15, -0.1) is 0 Å². The van der Waals surface area contributed by atoms with Crippen LogP contribution in [-0.4, -0.2) is 18.4 Å². The highest BCUT2D eigenvalue weighted by molar-refractivity contribution is 6.11. The minimum absolute atomic E-state index is 0.133. The Morgan fingerprint density at radius 2 is 2.19 bits per heavy atom. The molecule has 0 heterocycles. The fourth-order valence-corrected chi connectivity index (χ4v) is 1.02. The molecule has 0 spiro atoms. The van der Waals surface area contributed by atoms with E-state index in [0.717, 1.165) is 0 Å². The predicted molar refractivity (Wildman–Crippen MR) is 58.7 cm³/mol. The smallest absolute Gasteiger partial charge is 0.427 e. The SMILES string of the molecule is CCOC(=O)NN=C(C#N)c1ccccc1. The Labute approximate surface area is 93.3 Å². The maximum Gasteiger partial charge on any atom is 0.427 e. The first-order valence-electron chi connectivity index (χ1n) is 4.74. The van der Waals surface area contributed by atoms with E-state index in [4.69, 9.17) is 5.26 Å². The summed E-state index contributed by atoms with van der Waals surface area (Å²) in [6, 6.07) is 10.8. The summed E-state index contributed by atoms with van der Waals surface area (Å²) in [5.74, 6) is 0. The third-order valence-electron chi connectivity index (χ3n) is 1.69. The molecule has 0 aliphatic heterocycles. The summed E-state index contributed by atoms with van der Waals surface area (Å²) in [6.07, 6.45) is -0.675. The molecule has 1 rings (SSSR count). The van der Waals surface area contributed by atoms with Gasteiger partial charge in [-0.1, -0.05) is 30.3 Å². The Bertz CT molecular complexity index is 421. The fourth-order valence-electron chi connectivity index (χ4n) is 1.02. The lowest BCUT2D eigenvalue weighted by Gasteiger charge is -2.00. The molecule has 0 bridgehead atoms. The van der Waals surface area contributed by atoms with E-state index in [1.165, 1.54) is 0 Å². The summed E-state index contributed by atoms with van der Waals surface area (Å²) in [5, 5.41) is 12.5. The Kier molecular flexibility index (Phi) is 4.54. The van der Waals surface area contributed by atoms with Gasteiger partial charge in [0.15, 0.2) is 5.71 Å². The first-order valence-corrected chi connectivity index (χ1v) is 4.74. The quantitative estimate of drug-likeness (QED) is 0.618. The molecule has 0 aromatic heterocycles. The van der Waals surface area contributed by atoms with Crippen LogP contribution in [0.3, 0.4) is 0 Å². The highest BCUT2D eigenvalue weighted by atomic mass is 16.5. The lowest BCUT2D eigenvalue weighted by atomic mass is 10.1. The van der Waals surface area contributed by atoms with Gasteiger partial charge in [0.1, 0.15) is 6.07 Å². The molecule has 0 unspecified atom stereocenters. The monoisotopic (exact) mass is 217 g/mol. The summed E-state index contributed by atoms with van der Waals surface area (Å²) in [6.45, 7) is 1.94. The molecule has 0 saturated carbocycles. The van der Waals surface area contributed by atoms with Gasteiger partial charge in [0, 0.05) is 5.56 Å². The van der Waals surface area contributed by atoms with Crippen LogP contribution in [0.25, 0.3) is 0 Å². The number of benzene rings is 1. The van der Waals surface area contributed by atoms with Gasteiger partial charge >= 0.3 is 6.09 Å². The van der Waals surface area contributed by atoms with Crippen molar-refractivity contribution in [3.05, 3.63) is 35.9 Å². The minimum Gasteiger partial charge on any atom is -0.449 e. The van der Waals surface area contributed by atoms with E-state index in [1.807, 2.05) is 12.1 Å². The Morgan fingerprint density at radius 3 is 2.75 bits per heavy atom. The molecule has 1 aromatic rings. The van der Waals surface area contributed by atoms with Crippen LogP contribution >= 0.6 is 0 Å². The zero-order valence-corrected chi connectivity index (χ0v) is 8.80. The number of hydrogen-bond acceptors (Lipinski definition) is 4. The maximum atomic E-state index is 10.9.